The number of rotatable bonds is 2. The SMILES string of the molecule is CC1(C)C[C@@H](O)CCN(C(=O)Cc2cccc(O)c2)C1. The molecule has 0 saturated carbocycles. The molecule has 2 rings (SSSR count). The second-order valence-corrected chi connectivity index (χ2v) is 6.47. The fraction of sp³-hybridized carbons (Fsp3) is 0.562. The number of nitrogens with zero attached hydrogens (tertiary/aromatic N) is 1. The summed E-state index contributed by atoms with van der Waals surface area (Å²) in [6.45, 7) is 5.43. The highest BCUT2D eigenvalue weighted by Gasteiger charge is 2.31. The second kappa shape index (κ2) is 5.83. The fourth-order valence-corrected chi connectivity index (χ4v) is 2.87. The Morgan fingerprint density at radius 2 is 2.20 bits per heavy atom. The quantitative estimate of drug-likeness (QED) is 0.868. The third kappa shape index (κ3) is 3.97. The van der Waals surface area contributed by atoms with E-state index >= 15 is 0 Å². The molecule has 4 nitrogen and oxygen atoms in total. The summed E-state index contributed by atoms with van der Waals surface area (Å²) >= 11 is 0. The van der Waals surface area contributed by atoms with Gasteiger partial charge < -0.3 is 15.1 Å². The highest BCUT2D eigenvalue weighted by Crippen LogP contribution is 2.28. The van der Waals surface area contributed by atoms with Gasteiger partial charge in [0.1, 0.15) is 5.75 Å². The number of phenolic OH excluding ortho intramolecular Hbond substituents is 1. The van der Waals surface area contributed by atoms with Crippen molar-refractivity contribution < 1.29 is 15.0 Å². The summed E-state index contributed by atoms with van der Waals surface area (Å²) in [5, 5.41) is 19.3. The summed E-state index contributed by atoms with van der Waals surface area (Å²) in [5.74, 6) is 0.236. The van der Waals surface area contributed by atoms with Gasteiger partial charge in [0, 0.05) is 13.1 Å². The van der Waals surface area contributed by atoms with Crippen LogP contribution < -0.4 is 0 Å². The molecule has 1 atom stereocenters. The zero-order chi connectivity index (χ0) is 14.8. The molecule has 0 bridgehead atoms. The van der Waals surface area contributed by atoms with Crippen molar-refractivity contribution in [2.45, 2.75) is 39.2 Å². The topological polar surface area (TPSA) is 60.8 Å². The molecule has 110 valence electrons. The molecule has 4 heteroatoms. The highest BCUT2D eigenvalue weighted by molar-refractivity contribution is 5.79. The predicted molar refractivity (Wildman–Crippen MR) is 77.4 cm³/mol. The molecule has 1 aliphatic rings. The number of aliphatic hydroxyl groups excluding tert-OH is 1. The molecule has 1 heterocycles. The minimum atomic E-state index is -0.330. The Kier molecular flexibility index (Phi) is 4.33. The maximum Gasteiger partial charge on any atom is 0.227 e. The molecular weight excluding hydrogens is 254 g/mol. The van der Waals surface area contributed by atoms with Crippen molar-refractivity contribution in [1.82, 2.24) is 4.90 Å². The van der Waals surface area contributed by atoms with Gasteiger partial charge in [-0.15, -0.1) is 0 Å². The molecule has 1 saturated heterocycles. The van der Waals surface area contributed by atoms with Gasteiger partial charge in [-0.05, 0) is 36.0 Å². The van der Waals surface area contributed by atoms with Crippen LogP contribution in [0.1, 0.15) is 32.3 Å². The Labute approximate surface area is 120 Å². The van der Waals surface area contributed by atoms with Crippen LogP contribution >= 0.6 is 0 Å². The van der Waals surface area contributed by atoms with Gasteiger partial charge in [0.05, 0.1) is 12.5 Å². The highest BCUT2D eigenvalue weighted by atomic mass is 16.3. The van der Waals surface area contributed by atoms with E-state index in [4.69, 9.17) is 0 Å². The minimum Gasteiger partial charge on any atom is -0.508 e. The first-order chi connectivity index (χ1) is 9.35. The van der Waals surface area contributed by atoms with E-state index in [1.54, 1.807) is 18.2 Å². The Morgan fingerprint density at radius 3 is 2.90 bits per heavy atom. The molecule has 20 heavy (non-hydrogen) atoms. The summed E-state index contributed by atoms with van der Waals surface area (Å²) < 4.78 is 0. The molecule has 0 radical (unpaired) electrons. The van der Waals surface area contributed by atoms with E-state index in [0.717, 1.165) is 12.0 Å². The summed E-state index contributed by atoms with van der Waals surface area (Å²) in [5.41, 5.74) is 0.752. The Morgan fingerprint density at radius 1 is 1.45 bits per heavy atom. The van der Waals surface area contributed by atoms with Crippen LogP contribution in [0, 0.1) is 5.41 Å². The van der Waals surface area contributed by atoms with Gasteiger partial charge in [0.15, 0.2) is 0 Å². The zero-order valence-corrected chi connectivity index (χ0v) is 12.2. The van der Waals surface area contributed by atoms with Gasteiger partial charge in [-0.1, -0.05) is 26.0 Å². The predicted octanol–water partition coefficient (Wildman–Crippen LogP) is 1.94. The fourth-order valence-electron chi connectivity index (χ4n) is 2.87. The van der Waals surface area contributed by atoms with Crippen molar-refractivity contribution in [2.75, 3.05) is 13.1 Å². The van der Waals surface area contributed by atoms with Crippen LogP contribution in [0.15, 0.2) is 24.3 Å². The van der Waals surface area contributed by atoms with Crippen LogP contribution in [0.3, 0.4) is 0 Å². The normalized spacial score (nSPS) is 22.4. The van der Waals surface area contributed by atoms with Crippen molar-refractivity contribution in [3.8, 4) is 5.75 Å². The molecular formula is C16H23NO3. The lowest BCUT2D eigenvalue weighted by Crippen LogP contribution is -2.38. The van der Waals surface area contributed by atoms with Gasteiger partial charge in [-0.2, -0.15) is 0 Å². The van der Waals surface area contributed by atoms with Crippen LogP contribution in [0.4, 0.5) is 0 Å². The van der Waals surface area contributed by atoms with Gasteiger partial charge >= 0.3 is 0 Å². The molecule has 0 aromatic heterocycles. The molecule has 1 aliphatic heterocycles. The minimum absolute atomic E-state index is 0.0535. The van der Waals surface area contributed by atoms with Crippen molar-refractivity contribution in [3.05, 3.63) is 29.8 Å². The van der Waals surface area contributed by atoms with Gasteiger partial charge in [-0.25, -0.2) is 0 Å². The number of aliphatic hydroxyl groups is 1. The Bertz CT molecular complexity index is 484. The van der Waals surface area contributed by atoms with Crippen LogP contribution in [0.5, 0.6) is 5.75 Å². The maximum absolute atomic E-state index is 12.4. The third-order valence-electron chi connectivity index (χ3n) is 3.76. The zero-order valence-electron chi connectivity index (χ0n) is 12.2. The number of hydrogen-bond donors (Lipinski definition) is 2. The Balaban J connectivity index is 2.04. The van der Waals surface area contributed by atoms with Crippen LogP contribution in [-0.2, 0) is 11.2 Å². The number of aromatic hydroxyl groups is 1. The number of carbonyl (C=O) groups is 1. The first-order valence-electron chi connectivity index (χ1n) is 7.09. The first-order valence-corrected chi connectivity index (χ1v) is 7.09. The average molecular weight is 277 g/mol. The summed E-state index contributed by atoms with van der Waals surface area (Å²) in [6, 6.07) is 6.80. The molecule has 0 unspecified atom stereocenters. The molecule has 2 N–H and O–H groups in total. The number of amides is 1. The smallest absolute Gasteiger partial charge is 0.227 e. The molecule has 0 spiro atoms. The second-order valence-electron chi connectivity index (χ2n) is 6.47. The molecule has 1 aromatic rings. The molecule has 1 fully saturated rings. The van der Waals surface area contributed by atoms with Crippen LogP contribution in [-0.4, -0.2) is 40.2 Å². The van der Waals surface area contributed by atoms with Crippen LogP contribution in [0.2, 0.25) is 0 Å². The lowest BCUT2D eigenvalue weighted by Gasteiger charge is -2.29. The third-order valence-corrected chi connectivity index (χ3v) is 3.76. The van der Waals surface area contributed by atoms with Crippen LogP contribution in [0.25, 0.3) is 0 Å². The number of benzene rings is 1. The van der Waals surface area contributed by atoms with E-state index in [-0.39, 0.29) is 23.2 Å². The summed E-state index contributed by atoms with van der Waals surface area (Å²) in [6.07, 6.45) is 1.32. The van der Waals surface area contributed by atoms with Crippen molar-refractivity contribution in [1.29, 1.82) is 0 Å². The molecule has 0 aliphatic carbocycles. The number of likely N-dealkylation sites (tertiary alicyclic amines) is 1. The van der Waals surface area contributed by atoms with E-state index in [1.807, 2.05) is 11.0 Å². The van der Waals surface area contributed by atoms with Gasteiger partial charge in [-0.3, -0.25) is 4.79 Å². The monoisotopic (exact) mass is 277 g/mol. The van der Waals surface area contributed by atoms with E-state index < -0.39 is 0 Å². The van der Waals surface area contributed by atoms with E-state index in [9.17, 15) is 15.0 Å². The Hall–Kier alpha value is -1.55. The maximum atomic E-state index is 12.4. The van der Waals surface area contributed by atoms with Crippen molar-refractivity contribution in [2.24, 2.45) is 5.41 Å². The first kappa shape index (κ1) is 14.9. The number of carbonyl (C=O) groups excluding carboxylic acids is 1. The lowest BCUT2D eigenvalue weighted by atomic mass is 9.87. The van der Waals surface area contributed by atoms with Crippen molar-refractivity contribution in [3.63, 3.8) is 0 Å². The standard InChI is InChI=1S/C16H23NO3/c1-16(2)10-14(19)6-7-17(11-16)15(20)9-12-4-3-5-13(18)8-12/h3-5,8,14,18-19H,6-7,9-11H2,1-2H3/t14-/m0/s1. The van der Waals surface area contributed by atoms with E-state index in [0.29, 0.717) is 25.9 Å². The van der Waals surface area contributed by atoms with E-state index in [2.05, 4.69) is 13.8 Å². The number of hydrogen-bond acceptors (Lipinski definition) is 3. The largest absolute Gasteiger partial charge is 0.508 e. The van der Waals surface area contributed by atoms with Gasteiger partial charge in [0.2, 0.25) is 5.91 Å². The van der Waals surface area contributed by atoms with Crippen molar-refractivity contribution >= 4 is 5.91 Å². The van der Waals surface area contributed by atoms with E-state index in [1.165, 1.54) is 0 Å². The summed E-state index contributed by atoms with van der Waals surface area (Å²) in [4.78, 5) is 14.2. The number of phenols is 1. The lowest BCUT2D eigenvalue weighted by molar-refractivity contribution is -0.131. The molecule has 1 amide bonds. The van der Waals surface area contributed by atoms with Gasteiger partial charge in [0.25, 0.3) is 0 Å². The molecule has 1 aromatic carbocycles. The average Bonchev–Trinajstić information content (AvgIpc) is 2.46. The summed E-state index contributed by atoms with van der Waals surface area (Å²) in [7, 11) is 0.